The number of carbonyl (C=O) groups excluding carboxylic acids is 1. The van der Waals surface area contributed by atoms with E-state index in [1.807, 2.05) is 6.92 Å². The van der Waals surface area contributed by atoms with Gasteiger partial charge in [0.05, 0.1) is 18.6 Å². The number of hydrogen-bond acceptors (Lipinski definition) is 3. The summed E-state index contributed by atoms with van der Waals surface area (Å²) in [6.45, 7) is 4.46. The van der Waals surface area contributed by atoms with Crippen LogP contribution in [0.4, 0.5) is 0 Å². The molecule has 0 saturated heterocycles. The quantitative estimate of drug-likeness (QED) is 0.812. The second-order valence-corrected chi connectivity index (χ2v) is 4.74. The average Bonchev–Trinajstić information content (AvgIpc) is 2.43. The number of rotatable bonds is 7. The second-order valence-electron chi connectivity index (χ2n) is 4.74. The van der Waals surface area contributed by atoms with Crippen molar-refractivity contribution in [3.8, 4) is 0 Å². The number of amides is 1. The van der Waals surface area contributed by atoms with Gasteiger partial charge in [-0.1, -0.05) is 36.8 Å². The number of benzene rings is 1. The van der Waals surface area contributed by atoms with Crippen molar-refractivity contribution in [2.45, 2.75) is 38.8 Å². The standard InChI is InChI=1S/C15H24N2O2.ClH/c1-4-14(12-7-5-11(2)6-8-12)17-15(18)9-13(10-16)19-3;/h5-8,13-14H,4,9-10,16H2,1-3H3,(H,17,18);1H. The first kappa shape index (κ1) is 18.9. The van der Waals surface area contributed by atoms with Gasteiger partial charge in [0.25, 0.3) is 0 Å². The van der Waals surface area contributed by atoms with Crippen LogP contribution in [0, 0.1) is 6.92 Å². The Balaban J connectivity index is 0.00000361. The number of aryl methyl sites for hydroxylation is 1. The molecule has 1 aromatic carbocycles. The molecule has 2 unspecified atom stereocenters. The Bertz CT molecular complexity index is 391. The summed E-state index contributed by atoms with van der Waals surface area (Å²) >= 11 is 0. The van der Waals surface area contributed by atoms with Crippen LogP contribution in [0.25, 0.3) is 0 Å². The van der Waals surface area contributed by atoms with Crippen molar-refractivity contribution in [1.29, 1.82) is 0 Å². The predicted molar refractivity (Wildman–Crippen MR) is 84.1 cm³/mol. The molecule has 0 fully saturated rings. The van der Waals surface area contributed by atoms with Gasteiger partial charge in [0, 0.05) is 13.7 Å². The summed E-state index contributed by atoms with van der Waals surface area (Å²) in [4.78, 5) is 11.9. The summed E-state index contributed by atoms with van der Waals surface area (Å²) in [6, 6.07) is 8.27. The van der Waals surface area contributed by atoms with Crippen molar-refractivity contribution in [2.75, 3.05) is 13.7 Å². The topological polar surface area (TPSA) is 64.4 Å². The summed E-state index contributed by atoms with van der Waals surface area (Å²) in [7, 11) is 1.57. The minimum Gasteiger partial charge on any atom is -0.380 e. The van der Waals surface area contributed by atoms with Crippen molar-refractivity contribution >= 4 is 18.3 Å². The molecule has 0 aliphatic heterocycles. The molecule has 2 atom stereocenters. The minimum atomic E-state index is -0.212. The van der Waals surface area contributed by atoms with Crippen LogP contribution >= 0.6 is 12.4 Å². The Morgan fingerprint density at radius 2 is 1.95 bits per heavy atom. The van der Waals surface area contributed by atoms with E-state index in [1.54, 1.807) is 7.11 Å². The SMILES string of the molecule is CCC(NC(=O)CC(CN)OC)c1ccc(C)cc1.Cl. The summed E-state index contributed by atoms with van der Waals surface area (Å²) in [5, 5.41) is 3.03. The van der Waals surface area contributed by atoms with Crippen molar-refractivity contribution < 1.29 is 9.53 Å². The largest absolute Gasteiger partial charge is 0.380 e. The van der Waals surface area contributed by atoms with E-state index in [9.17, 15) is 4.79 Å². The fourth-order valence-electron chi connectivity index (χ4n) is 1.94. The Morgan fingerprint density at radius 3 is 2.40 bits per heavy atom. The number of nitrogens with one attached hydrogen (secondary N) is 1. The molecule has 0 radical (unpaired) electrons. The van der Waals surface area contributed by atoms with Crippen LogP contribution in [-0.2, 0) is 9.53 Å². The molecule has 0 spiro atoms. The highest BCUT2D eigenvalue weighted by Crippen LogP contribution is 2.17. The molecule has 1 amide bonds. The molecule has 0 aliphatic rings. The van der Waals surface area contributed by atoms with Gasteiger partial charge in [0.2, 0.25) is 5.91 Å². The van der Waals surface area contributed by atoms with E-state index in [4.69, 9.17) is 10.5 Å². The van der Waals surface area contributed by atoms with Gasteiger partial charge in [-0.2, -0.15) is 0 Å². The molecule has 0 heterocycles. The number of hydrogen-bond donors (Lipinski definition) is 2. The molecule has 0 bridgehead atoms. The molecule has 0 aromatic heterocycles. The maximum absolute atomic E-state index is 11.9. The fourth-order valence-corrected chi connectivity index (χ4v) is 1.94. The monoisotopic (exact) mass is 300 g/mol. The van der Waals surface area contributed by atoms with Crippen molar-refractivity contribution in [1.82, 2.24) is 5.32 Å². The van der Waals surface area contributed by atoms with Crippen molar-refractivity contribution in [3.05, 3.63) is 35.4 Å². The molecule has 1 rings (SSSR count). The zero-order valence-electron chi connectivity index (χ0n) is 12.4. The van der Waals surface area contributed by atoms with Gasteiger partial charge >= 0.3 is 0 Å². The minimum absolute atomic E-state index is 0. The number of halogens is 1. The third-order valence-corrected chi connectivity index (χ3v) is 3.23. The van der Waals surface area contributed by atoms with Crippen LogP contribution in [0.5, 0.6) is 0 Å². The van der Waals surface area contributed by atoms with Gasteiger partial charge in [0.1, 0.15) is 0 Å². The highest BCUT2D eigenvalue weighted by molar-refractivity contribution is 5.85. The lowest BCUT2D eigenvalue weighted by atomic mass is 10.0. The van der Waals surface area contributed by atoms with E-state index in [-0.39, 0.29) is 30.5 Å². The number of methoxy groups -OCH3 is 1. The molecular weight excluding hydrogens is 276 g/mol. The molecule has 0 saturated carbocycles. The van der Waals surface area contributed by atoms with Crippen LogP contribution in [0.1, 0.15) is 36.9 Å². The molecule has 20 heavy (non-hydrogen) atoms. The highest BCUT2D eigenvalue weighted by atomic mass is 35.5. The first-order chi connectivity index (χ1) is 9.10. The lowest BCUT2D eigenvalue weighted by Crippen LogP contribution is -2.34. The molecule has 3 N–H and O–H groups in total. The van der Waals surface area contributed by atoms with Crippen LogP contribution < -0.4 is 11.1 Å². The molecule has 5 heteroatoms. The molecule has 114 valence electrons. The normalized spacial score (nSPS) is 13.2. The summed E-state index contributed by atoms with van der Waals surface area (Å²) in [5.41, 5.74) is 7.86. The smallest absolute Gasteiger partial charge is 0.223 e. The van der Waals surface area contributed by atoms with E-state index in [1.165, 1.54) is 5.56 Å². The number of carbonyl (C=O) groups is 1. The zero-order chi connectivity index (χ0) is 14.3. The Morgan fingerprint density at radius 1 is 1.35 bits per heavy atom. The number of nitrogens with two attached hydrogens (primary N) is 1. The van der Waals surface area contributed by atoms with Gasteiger partial charge in [-0.25, -0.2) is 0 Å². The Labute approximate surface area is 127 Å². The highest BCUT2D eigenvalue weighted by Gasteiger charge is 2.16. The van der Waals surface area contributed by atoms with Crippen LogP contribution in [-0.4, -0.2) is 25.7 Å². The average molecular weight is 301 g/mol. The maximum Gasteiger partial charge on any atom is 0.223 e. The van der Waals surface area contributed by atoms with E-state index >= 15 is 0 Å². The van der Waals surface area contributed by atoms with Gasteiger partial charge < -0.3 is 15.8 Å². The second kappa shape index (κ2) is 9.75. The van der Waals surface area contributed by atoms with Crippen LogP contribution in [0.15, 0.2) is 24.3 Å². The first-order valence-corrected chi connectivity index (χ1v) is 6.69. The van der Waals surface area contributed by atoms with E-state index < -0.39 is 0 Å². The number of ether oxygens (including phenoxy) is 1. The van der Waals surface area contributed by atoms with Crippen molar-refractivity contribution in [3.63, 3.8) is 0 Å². The summed E-state index contributed by atoms with van der Waals surface area (Å²) < 4.78 is 5.12. The van der Waals surface area contributed by atoms with Gasteiger partial charge in [-0.3, -0.25) is 4.79 Å². The maximum atomic E-state index is 11.9. The van der Waals surface area contributed by atoms with Crippen LogP contribution in [0.2, 0.25) is 0 Å². The Hall–Kier alpha value is -1.10. The van der Waals surface area contributed by atoms with Crippen molar-refractivity contribution in [2.24, 2.45) is 5.73 Å². The zero-order valence-corrected chi connectivity index (χ0v) is 13.2. The van der Waals surface area contributed by atoms with E-state index in [0.29, 0.717) is 13.0 Å². The lowest BCUT2D eigenvalue weighted by molar-refractivity contribution is -0.124. The third-order valence-electron chi connectivity index (χ3n) is 3.23. The van der Waals surface area contributed by atoms with E-state index in [0.717, 1.165) is 12.0 Å². The van der Waals surface area contributed by atoms with Gasteiger partial charge in [-0.15, -0.1) is 12.4 Å². The third kappa shape index (κ3) is 5.90. The van der Waals surface area contributed by atoms with Gasteiger partial charge in [0.15, 0.2) is 0 Å². The van der Waals surface area contributed by atoms with Gasteiger partial charge in [-0.05, 0) is 18.9 Å². The first-order valence-electron chi connectivity index (χ1n) is 6.69. The fraction of sp³-hybridized carbons (Fsp3) is 0.533. The molecule has 0 aliphatic carbocycles. The summed E-state index contributed by atoms with van der Waals surface area (Å²) in [5.74, 6) is -0.0234. The predicted octanol–water partition coefficient (Wildman–Crippen LogP) is 2.35. The summed E-state index contributed by atoms with van der Waals surface area (Å²) in [6.07, 6.45) is 0.945. The van der Waals surface area contributed by atoms with Crippen LogP contribution in [0.3, 0.4) is 0 Å². The van der Waals surface area contributed by atoms with E-state index in [2.05, 4.69) is 36.5 Å². The molecule has 1 aromatic rings. The molecule has 4 nitrogen and oxygen atoms in total. The lowest BCUT2D eigenvalue weighted by Gasteiger charge is -2.19. The Kier molecular flexibility index (Phi) is 9.21. The molecular formula is C15H25ClN2O2.